The monoisotopic (exact) mass is 404 g/mol. The number of nitrogens with zero attached hydrogens (tertiary/aromatic N) is 2. The van der Waals surface area contributed by atoms with E-state index in [1.807, 2.05) is 0 Å². The number of hydrogen-bond donors (Lipinski definition) is 2. The number of urea groups is 1. The summed E-state index contributed by atoms with van der Waals surface area (Å²) in [6.07, 6.45) is 8.46. The number of imide groups is 1. The fraction of sp³-hybridized carbons (Fsp3) is 0.810. The molecule has 160 valence electrons. The third-order valence-electron chi connectivity index (χ3n) is 6.91. The van der Waals surface area contributed by atoms with Crippen molar-refractivity contribution in [2.75, 3.05) is 26.2 Å². The lowest BCUT2D eigenvalue weighted by atomic mass is 9.82. The van der Waals surface area contributed by atoms with Crippen molar-refractivity contribution in [3.63, 3.8) is 0 Å². The van der Waals surface area contributed by atoms with Crippen molar-refractivity contribution in [3.8, 4) is 0 Å². The van der Waals surface area contributed by atoms with Crippen LogP contribution in [-0.2, 0) is 14.4 Å². The summed E-state index contributed by atoms with van der Waals surface area (Å²) in [6, 6.07) is -0.374. The van der Waals surface area contributed by atoms with E-state index in [1.165, 1.54) is 17.7 Å². The Hall–Kier alpha value is -2.12. The fourth-order valence-electron chi connectivity index (χ4n) is 4.87. The maximum atomic E-state index is 12.8. The molecule has 2 saturated carbocycles. The second kappa shape index (κ2) is 8.32. The molecule has 8 heteroatoms. The fourth-order valence-corrected chi connectivity index (χ4v) is 4.87. The molecule has 0 unspecified atom stereocenters. The highest BCUT2D eigenvalue weighted by Crippen LogP contribution is 2.33. The standard InChI is InChI=1S/C21H32N4O4/c26-17(24-11-4-5-16(14-24)18(27)22-13-15-6-7-15)8-12-25-19(28)21(23-20(25)29)9-2-1-3-10-21/h15-16H,1-14H2,(H,22,27)(H,23,29)/t16-/m0/s1. The average Bonchev–Trinajstić information content (AvgIpc) is 3.53. The third kappa shape index (κ3) is 4.41. The molecule has 4 aliphatic rings. The van der Waals surface area contributed by atoms with Gasteiger partial charge in [0.1, 0.15) is 5.54 Å². The molecule has 2 N–H and O–H groups in total. The van der Waals surface area contributed by atoms with Crippen LogP contribution in [0.5, 0.6) is 0 Å². The molecule has 5 amide bonds. The van der Waals surface area contributed by atoms with Crippen LogP contribution >= 0.6 is 0 Å². The second-order valence-corrected chi connectivity index (χ2v) is 9.15. The zero-order chi connectivity index (χ0) is 20.4. The molecule has 2 aliphatic heterocycles. The molecule has 2 heterocycles. The van der Waals surface area contributed by atoms with Gasteiger partial charge in [-0.25, -0.2) is 4.79 Å². The van der Waals surface area contributed by atoms with Crippen molar-refractivity contribution in [3.05, 3.63) is 0 Å². The number of rotatable bonds is 6. The van der Waals surface area contributed by atoms with Crippen molar-refractivity contribution < 1.29 is 19.2 Å². The minimum absolute atomic E-state index is 0.0442. The summed E-state index contributed by atoms with van der Waals surface area (Å²) in [5.41, 5.74) is -0.742. The second-order valence-electron chi connectivity index (χ2n) is 9.15. The van der Waals surface area contributed by atoms with Crippen LogP contribution in [0.4, 0.5) is 4.79 Å². The van der Waals surface area contributed by atoms with Gasteiger partial charge in [0.05, 0.1) is 5.92 Å². The predicted octanol–water partition coefficient (Wildman–Crippen LogP) is 1.40. The zero-order valence-electron chi connectivity index (χ0n) is 17.1. The molecule has 1 spiro atoms. The maximum Gasteiger partial charge on any atom is 0.325 e. The molecule has 0 radical (unpaired) electrons. The van der Waals surface area contributed by atoms with Crippen LogP contribution in [0.3, 0.4) is 0 Å². The van der Waals surface area contributed by atoms with Crippen molar-refractivity contribution in [1.82, 2.24) is 20.4 Å². The average molecular weight is 405 g/mol. The summed E-state index contributed by atoms with van der Waals surface area (Å²) in [6.45, 7) is 1.92. The van der Waals surface area contributed by atoms with Crippen LogP contribution < -0.4 is 10.6 Å². The molecule has 0 aromatic carbocycles. The molecule has 2 aliphatic carbocycles. The van der Waals surface area contributed by atoms with E-state index >= 15 is 0 Å². The summed E-state index contributed by atoms with van der Waals surface area (Å²) in [7, 11) is 0. The summed E-state index contributed by atoms with van der Waals surface area (Å²) < 4.78 is 0. The highest BCUT2D eigenvalue weighted by atomic mass is 16.2. The van der Waals surface area contributed by atoms with Gasteiger partial charge in [-0.3, -0.25) is 19.3 Å². The zero-order valence-corrected chi connectivity index (χ0v) is 17.1. The lowest BCUT2D eigenvalue weighted by molar-refractivity contribution is -0.136. The number of carbonyl (C=O) groups excluding carboxylic acids is 4. The van der Waals surface area contributed by atoms with Crippen molar-refractivity contribution in [2.24, 2.45) is 11.8 Å². The van der Waals surface area contributed by atoms with Crippen LogP contribution in [0.15, 0.2) is 0 Å². The van der Waals surface area contributed by atoms with Gasteiger partial charge in [-0.05, 0) is 44.4 Å². The summed E-state index contributed by atoms with van der Waals surface area (Å²) in [5, 5.41) is 5.89. The minimum atomic E-state index is -0.742. The Balaban J connectivity index is 1.27. The lowest BCUT2D eigenvalue weighted by Gasteiger charge is -2.32. The lowest BCUT2D eigenvalue weighted by Crippen LogP contribution is -2.48. The Morgan fingerprint density at radius 2 is 1.83 bits per heavy atom. The number of hydrogen-bond acceptors (Lipinski definition) is 4. The van der Waals surface area contributed by atoms with Gasteiger partial charge in [-0.2, -0.15) is 0 Å². The van der Waals surface area contributed by atoms with E-state index in [0.29, 0.717) is 31.8 Å². The normalized spacial score (nSPS) is 26.6. The predicted molar refractivity (Wildman–Crippen MR) is 106 cm³/mol. The first kappa shape index (κ1) is 20.2. The van der Waals surface area contributed by atoms with E-state index < -0.39 is 5.54 Å². The number of piperidine rings is 1. The van der Waals surface area contributed by atoms with E-state index in [0.717, 1.165) is 38.6 Å². The number of carbonyl (C=O) groups is 4. The van der Waals surface area contributed by atoms with E-state index in [1.54, 1.807) is 4.90 Å². The van der Waals surface area contributed by atoms with Crippen molar-refractivity contribution in [1.29, 1.82) is 0 Å². The van der Waals surface area contributed by atoms with E-state index in [-0.39, 0.29) is 42.6 Å². The molecule has 1 atom stereocenters. The molecule has 2 saturated heterocycles. The summed E-state index contributed by atoms with van der Waals surface area (Å²) in [5.74, 6) is 0.258. The molecule has 0 aromatic rings. The first-order valence-corrected chi connectivity index (χ1v) is 11.2. The van der Waals surface area contributed by atoms with Gasteiger partial charge < -0.3 is 15.5 Å². The SMILES string of the molecule is O=C(NCC1CC1)[C@H]1CCCN(C(=O)CCN2C(=O)NC3(CCCCC3)C2=O)C1. The van der Waals surface area contributed by atoms with Gasteiger partial charge in [0, 0.05) is 32.6 Å². The van der Waals surface area contributed by atoms with E-state index in [9.17, 15) is 19.2 Å². The maximum absolute atomic E-state index is 12.8. The van der Waals surface area contributed by atoms with Crippen LogP contribution in [0.1, 0.15) is 64.2 Å². The molecule has 0 bridgehead atoms. The summed E-state index contributed by atoms with van der Waals surface area (Å²) >= 11 is 0. The molecule has 0 aromatic heterocycles. The number of nitrogens with one attached hydrogen (secondary N) is 2. The van der Waals surface area contributed by atoms with Crippen LogP contribution in [0.2, 0.25) is 0 Å². The first-order chi connectivity index (χ1) is 14.0. The van der Waals surface area contributed by atoms with Gasteiger partial charge in [-0.1, -0.05) is 19.3 Å². The Labute approximate surface area is 171 Å². The van der Waals surface area contributed by atoms with Crippen LogP contribution in [-0.4, -0.2) is 65.3 Å². The van der Waals surface area contributed by atoms with E-state index in [2.05, 4.69) is 10.6 Å². The molecule has 4 fully saturated rings. The van der Waals surface area contributed by atoms with Gasteiger partial charge in [0.2, 0.25) is 11.8 Å². The van der Waals surface area contributed by atoms with E-state index in [4.69, 9.17) is 0 Å². The first-order valence-electron chi connectivity index (χ1n) is 11.2. The van der Waals surface area contributed by atoms with Gasteiger partial charge >= 0.3 is 6.03 Å². The molecule has 8 nitrogen and oxygen atoms in total. The largest absolute Gasteiger partial charge is 0.356 e. The Morgan fingerprint density at radius 1 is 1.07 bits per heavy atom. The molecular weight excluding hydrogens is 372 g/mol. The quantitative estimate of drug-likeness (QED) is 0.654. The van der Waals surface area contributed by atoms with Gasteiger partial charge in [-0.15, -0.1) is 0 Å². The topological polar surface area (TPSA) is 98.8 Å². The van der Waals surface area contributed by atoms with Crippen LogP contribution in [0.25, 0.3) is 0 Å². The Bertz CT molecular complexity index is 684. The van der Waals surface area contributed by atoms with Crippen molar-refractivity contribution in [2.45, 2.75) is 69.7 Å². The Kier molecular flexibility index (Phi) is 5.79. The smallest absolute Gasteiger partial charge is 0.325 e. The minimum Gasteiger partial charge on any atom is -0.356 e. The highest BCUT2D eigenvalue weighted by Gasteiger charge is 2.51. The number of amides is 5. The van der Waals surface area contributed by atoms with Gasteiger partial charge in [0.25, 0.3) is 5.91 Å². The molecular formula is C21H32N4O4. The Morgan fingerprint density at radius 3 is 2.55 bits per heavy atom. The summed E-state index contributed by atoms with van der Waals surface area (Å²) in [4.78, 5) is 53.2. The third-order valence-corrected chi connectivity index (χ3v) is 6.91. The van der Waals surface area contributed by atoms with Crippen molar-refractivity contribution >= 4 is 23.8 Å². The molecule has 4 rings (SSSR count). The highest BCUT2D eigenvalue weighted by molar-refractivity contribution is 6.07. The number of likely N-dealkylation sites (tertiary alicyclic amines) is 1. The molecule has 29 heavy (non-hydrogen) atoms. The van der Waals surface area contributed by atoms with Crippen LogP contribution in [0, 0.1) is 11.8 Å². The van der Waals surface area contributed by atoms with Gasteiger partial charge in [0.15, 0.2) is 0 Å².